The molecule has 1 heterocycles. The number of rotatable bonds is 1. The van der Waals surface area contributed by atoms with Gasteiger partial charge >= 0.3 is 0 Å². The van der Waals surface area contributed by atoms with E-state index in [-0.39, 0.29) is 5.60 Å². The minimum atomic E-state index is -1.93. The summed E-state index contributed by atoms with van der Waals surface area (Å²) in [7, 11) is 0. The second kappa shape index (κ2) is 3.07. The molecule has 1 aliphatic heterocycles. The zero-order chi connectivity index (χ0) is 10.3. The van der Waals surface area contributed by atoms with Gasteiger partial charge in [0.05, 0.1) is 4.90 Å². The van der Waals surface area contributed by atoms with Crippen LogP contribution in [0.4, 0.5) is 0 Å². The van der Waals surface area contributed by atoms with Crippen molar-refractivity contribution in [2.24, 2.45) is 0 Å². The minimum Gasteiger partial charge on any atom is -0.487 e. The Bertz CT molecular complexity index is 398. The lowest BCUT2D eigenvalue weighted by atomic mass is 10.0. The highest BCUT2D eigenvalue weighted by Crippen LogP contribution is 2.35. The highest BCUT2D eigenvalue weighted by Gasteiger charge is 2.30. The fourth-order valence-electron chi connectivity index (χ4n) is 1.68. The summed E-state index contributed by atoms with van der Waals surface area (Å²) in [6.07, 6.45) is 0.848. The lowest BCUT2D eigenvalue weighted by Gasteiger charge is -2.16. The van der Waals surface area contributed by atoms with Gasteiger partial charge in [-0.1, -0.05) is 6.07 Å². The monoisotopic (exact) mass is 212 g/mol. The number of hydrogen-bond donors (Lipinski definition) is 1. The van der Waals surface area contributed by atoms with Crippen LogP contribution in [0.1, 0.15) is 19.4 Å². The predicted molar refractivity (Wildman–Crippen MR) is 53.9 cm³/mol. The molecule has 0 saturated heterocycles. The van der Waals surface area contributed by atoms with Crippen molar-refractivity contribution in [3.8, 4) is 5.75 Å². The summed E-state index contributed by atoms with van der Waals surface area (Å²) in [5.74, 6) is 0.731. The molecule has 1 N–H and O–H groups in total. The topological polar surface area (TPSA) is 46.5 Å². The Kier molecular flexibility index (Phi) is 2.12. The van der Waals surface area contributed by atoms with Gasteiger partial charge in [-0.05, 0) is 31.5 Å². The van der Waals surface area contributed by atoms with Gasteiger partial charge in [-0.2, -0.15) is 0 Å². The smallest absolute Gasteiger partial charge is 0.186 e. The van der Waals surface area contributed by atoms with E-state index in [9.17, 15) is 4.21 Å². The van der Waals surface area contributed by atoms with Gasteiger partial charge in [0.15, 0.2) is 11.1 Å². The van der Waals surface area contributed by atoms with Gasteiger partial charge in [-0.15, -0.1) is 0 Å². The predicted octanol–water partition coefficient (Wildman–Crippen LogP) is 1.98. The van der Waals surface area contributed by atoms with E-state index >= 15 is 0 Å². The molecule has 0 fully saturated rings. The number of benzene rings is 1. The number of ether oxygens (including phenoxy) is 1. The van der Waals surface area contributed by atoms with Gasteiger partial charge in [-0.3, -0.25) is 0 Å². The summed E-state index contributed by atoms with van der Waals surface area (Å²) >= 11 is -1.93. The summed E-state index contributed by atoms with van der Waals surface area (Å²) in [4.78, 5) is 0.390. The first-order chi connectivity index (χ1) is 6.48. The zero-order valence-electron chi connectivity index (χ0n) is 8.11. The normalized spacial score (nSPS) is 19.9. The zero-order valence-corrected chi connectivity index (χ0v) is 8.93. The summed E-state index contributed by atoms with van der Waals surface area (Å²) in [6, 6.07) is 5.16. The molecule has 1 aromatic rings. The molecular weight excluding hydrogens is 200 g/mol. The average molecular weight is 212 g/mol. The van der Waals surface area contributed by atoms with Gasteiger partial charge in [0, 0.05) is 6.42 Å². The first-order valence-corrected chi connectivity index (χ1v) is 5.51. The Morgan fingerprint density at radius 2 is 2.21 bits per heavy atom. The first kappa shape index (κ1) is 9.68. The van der Waals surface area contributed by atoms with E-state index < -0.39 is 11.1 Å². The Balaban J connectivity index is 2.40. The van der Waals surface area contributed by atoms with Crippen molar-refractivity contribution in [2.75, 3.05) is 0 Å². The molecule has 1 aliphatic rings. The van der Waals surface area contributed by atoms with Crippen molar-refractivity contribution < 1.29 is 13.5 Å². The highest BCUT2D eigenvalue weighted by atomic mass is 32.2. The molecule has 0 bridgehead atoms. The Morgan fingerprint density at radius 1 is 1.50 bits per heavy atom. The molecule has 0 aliphatic carbocycles. The second-order valence-corrected chi connectivity index (χ2v) is 5.03. The maximum absolute atomic E-state index is 10.8. The molecule has 0 aromatic heterocycles. The Hall–Kier alpha value is -0.870. The lowest BCUT2D eigenvalue weighted by molar-refractivity contribution is 0.138. The third kappa shape index (κ3) is 1.67. The van der Waals surface area contributed by atoms with Crippen molar-refractivity contribution in [1.29, 1.82) is 0 Å². The standard InChI is InChI=1S/C10H12O3S/c1-10(2)6-7-3-4-8(14(11)12)5-9(7)13-10/h3-5H,6H2,1-2H3,(H,11,12). The van der Waals surface area contributed by atoms with Crippen molar-refractivity contribution in [3.05, 3.63) is 23.8 Å². The van der Waals surface area contributed by atoms with E-state index in [1.54, 1.807) is 12.1 Å². The van der Waals surface area contributed by atoms with E-state index in [1.165, 1.54) is 0 Å². The molecule has 0 spiro atoms. The van der Waals surface area contributed by atoms with Gasteiger partial charge in [0.1, 0.15) is 11.4 Å². The van der Waals surface area contributed by atoms with Crippen LogP contribution in [-0.4, -0.2) is 14.4 Å². The largest absolute Gasteiger partial charge is 0.487 e. The number of hydrogen-bond acceptors (Lipinski definition) is 2. The van der Waals surface area contributed by atoms with Gasteiger partial charge in [0.2, 0.25) is 0 Å². The molecule has 3 nitrogen and oxygen atoms in total. The minimum absolute atomic E-state index is 0.197. The van der Waals surface area contributed by atoms with Gasteiger partial charge in [-0.25, -0.2) is 4.21 Å². The molecule has 0 amide bonds. The number of fused-ring (bicyclic) bond motifs is 1. The van der Waals surface area contributed by atoms with Crippen LogP contribution >= 0.6 is 0 Å². The third-order valence-electron chi connectivity index (χ3n) is 2.24. The van der Waals surface area contributed by atoms with Crippen LogP contribution in [0.25, 0.3) is 0 Å². The van der Waals surface area contributed by atoms with Crippen LogP contribution in [-0.2, 0) is 17.5 Å². The molecule has 14 heavy (non-hydrogen) atoms. The molecule has 4 heteroatoms. The molecule has 76 valence electrons. The van der Waals surface area contributed by atoms with Crippen LogP contribution < -0.4 is 4.74 Å². The van der Waals surface area contributed by atoms with Gasteiger partial charge in [0.25, 0.3) is 0 Å². The molecule has 0 saturated carbocycles. The van der Waals surface area contributed by atoms with E-state index in [0.717, 1.165) is 17.7 Å². The summed E-state index contributed by atoms with van der Waals surface area (Å²) in [6.45, 7) is 4.01. The fourth-order valence-corrected chi connectivity index (χ4v) is 2.07. The van der Waals surface area contributed by atoms with Crippen molar-refractivity contribution in [2.45, 2.75) is 30.8 Å². The Labute approximate surface area is 85.4 Å². The quantitative estimate of drug-likeness (QED) is 0.724. The Morgan fingerprint density at radius 3 is 2.86 bits per heavy atom. The lowest BCUT2D eigenvalue weighted by Crippen LogP contribution is -2.24. The van der Waals surface area contributed by atoms with Crippen LogP contribution in [0.3, 0.4) is 0 Å². The third-order valence-corrected chi connectivity index (χ3v) is 2.90. The SMILES string of the molecule is CC1(C)Cc2ccc(S(=O)O)cc2O1. The van der Waals surface area contributed by atoms with Crippen LogP contribution in [0.5, 0.6) is 5.75 Å². The fraction of sp³-hybridized carbons (Fsp3) is 0.400. The van der Waals surface area contributed by atoms with Crippen molar-refractivity contribution in [1.82, 2.24) is 0 Å². The molecule has 1 unspecified atom stereocenters. The second-order valence-electron chi connectivity index (χ2n) is 4.06. The summed E-state index contributed by atoms with van der Waals surface area (Å²) in [5, 5.41) is 0. The molecule has 0 radical (unpaired) electrons. The maximum Gasteiger partial charge on any atom is 0.186 e. The van der Waals surface area contributed by atoms with Crippen LogP contribution in [0.2, 0.25) is 0 Å². The van der Waals surface area contributed by atoms with E-state index in [1.807, 2.05) is 19.9 Å². The van der Waals surface area contributed by atoms with Gasteiger partial charge < -0.3 is 9.29 Å². The van der Waals surface area contributed by atoms with E-state index in [4.69, 9.17) is 9.29 Å². The molecule has 1 aromatic carbocycles. The highest BCUT2D eigenvalue weighted by molar-refractivity contribution is 7.79. The summed E-state index contributed by atoms with van der Waals surface area (Å²) < 4.78 is 25.4. The van der Waals surface area contributed by atoms with Crippen molar-refractivity contribution in [3.63, 3.8) is 0 Å². The first-order valence-electron chi connectivity index (χ1n) is 4.41. The van der Waals surface area contributed by atoms with E-state index in [0.29, 0.717) is 4.90 Å². The van der Waals surface area contributed by atoms with Crippen molar-refractivity contribution >= 4 is 11.1 Å². The molecular formula is C10H12O3S. The molecule has 2 rings (SSSR count). The van der Waals surface area contributed by atoms with E-state index in [2.05, 4.69) is 0 Å². The summed E-state index contributed by atoms with van der Waals surface area (Å²) in [5.41, 5.74) is 0.905. The van der Waals surface area contributed by atoms with Crippen LogP contribution in [0, 0.1) is 0 Å². The van der Waals surface area contributed by atoms with Crippen LogP contribution in [0.15, 0.2) is 23.1 Å². The maximum atomic E-state index is 10.8. The average Bonchev–Trinajstić information content (AvgIpc) is 2.36. The molecule has 1 atom stereocenters.